The quantitative estimate of drug-likeness (QED) is 0.866. The van der Waals surface area contributed by atoms with Gasteiger partial charge in [0.25, 0.3) is 0 Å². The molecule has 2 rings (SSSR count). The molecule has 1 saturated heterocycles. The van der Waals surface area contributed by atoms with Gasteiger partial charge in [-0.25, -0.2) is 9.18 Å². The molecule has 1 N–H and O–H groups in total. The molecular formula is C16H21FN2O2. The van der Waals surface area contributed by atoms with Crippen molar-refractivity contribution >= 4 is 17.7 Å². The lowest BCUT2D eigenvalue weighted by molar-refractivity contribution is -0.131. The Hall–Kier alpha value is -1.88. The van der Waals surface area contributed by atoms with Crippen LogP contribution in [0.2, 0.25) is 0 Å². The fraction of sp³-hybridized carbons (Fsp3) is 0.438. The zero-order valence-electron chi connectivity index (χ0n) is 12.4. The van der Waals surface area contributed by atoms with Crippen LogP contribution >= 0.6 is 0 Å². The Morgan fingerprint density at radius 3 is 2.86 bits per heavy atom. The highest BCUT2D eigenvalue weighted by atomic mass is 19.1. The summed E-state index contributed by atoms with van der Waals surface area (Å²) in [6, 6.07) is 5.15. The summed E-state index contributed by atoms with van der Waals surface area (Å²) in [6.07, 6.45) is 4.66. The molecule has 0 radical (unpaired) electrons. The zero-order valence-corrected chi connectivity index (χ0v) is 12.4. The molecule has 1 heterocycles. The normalized spacial score (nSPS) is 19.4. The van der Waals surface area contributed by atoms with Gasteiger partial charge in [-0.1, -0.05) is 0 Å². The first-order valence-corrected chi connectivity index (χ1v) is 7.08. The number of benzene rings is 1. The number of carboxylic acid groups (broad SMARTS) is 1. The number of nitrogens with zero attached hydrogens (tertiary/aromatic N) is 2. The summed E-state index contributed by atoms with van der Waals surface area (Å²) in [6.45, 7) is 1.76. The van der Waals surface area contributed by atoms with Gasteiger partial charge in [0.05, 0.1) is 0 Å². The summed E-state index contributed by atoms with van der Waals surface area (Å²) < 4.78 is 13.7. The van der Waals surface area contributed by atoms with Crippen molar-refractivity contribution in [2.45, 2.75) is 18.9 Å². The summed E-state index contributed by atoms with van der Waals surface area (Å²) in [4.78, 5) is 14.9. The number of rotatable bonds is 4. The van der Waals surface area contributed by atoms with Gasteiger partial charge in [0.15, 0.2) is 0 Å². The molecule has 1 aliphatic heterocycles. The largest absolute Gasteiger partial charge is 0.478 e. The number of aliphatic carboxylic acids is 1. The van der Waals surface area contributed by atoms with E-state index in [1.54, 1.807) is 0 Å². The maximum atomic E-state index is 13.7. The summed E-state index contributed by atoms with van der Waals surface area (Å²) >= 11 is 0. The van der Waals surface area contributed by atoms with Gasteiger partial charge in [0.1, 0.15) is 5.82 Å². The van der Waals surface area contributed by atoms with Crippen LogP contribution < -0.4 is 4.90 Å². The van der Waals surface area contributed by atoms with Gasteiger partial charge < -0.3 is 14.9 Å². The molecule has 0 bridgehead atoms. The predicted molar refractivity (Wildman–Crippen MR) is 82.0 cm³/mol. The van der Waals surface area contributed by atoms with Gasteiger partial charge >= 0.3 is 5.97 Å². The van der Waals surface area contributed by atoms with Gasteiger partial charge in [-0.3, -0.25) is 0 Å². The van der Waals surface area contributed by atoms with E-state index in [0.29, 0.717) is 11.6 Å². The molecular weight excluding hydrogens is 271 g/mol. The van der Waals surface area contributed by atoms with Crippen molar-refractivity contribution in [1.82, 2.24) is 4.90 Å². The monoisotopic (exact) mass is 292 g/mol. The van der Waals surface area contributed by atoms with E-state index in [4.69, 9.17) is 5.11 Å². The Balaban J connectivity index is 2.20. The van der Waals surface area contributed by atoms with Crippen molar-refractivity contribution in [3.8, 4) is 0 Å². The Bertz CT molecular complexity index is 543. The van der Waals surface area contributed by atoms with Gasteiger partial charge in [-0.05, 0) is 56.8 Å². The van der Waals surface area contributed by atoms with E-state index >= 15 is 0 Å². The number of anilines is 1. The maximum Gasteiger partial charge on any atom is 0.328 e. The predicted octanol–water partition coefficient (Wildman–Crippen LogP) is 2.45. The topological polar surface area (TPSA) is 43.8 Å². The van der Waals surface area contributed by atoms with Crippen molar-refractivity contribution in [3.63, 3.8) is 0 Å². The molecule has 1 aromatic carbocycles. The van der Waals surface area contributed by atoms with Crippen LogP contribution in [-0.2, 0) is 4.79 Å². The Labute approximate surface area is 124 Å². The molecule has 0 spiro atoms. The SMILES string of the molecule is CN(C)C1CCCN(c2cc(F)cc(/C=C/C(=O)O)c2)C1. The van der Waals surface area contributed by atoms with E-state index in [-0.39, 0.29) is 5.82 Å². The van der Waals surface area contributed by atoms with Crippen LogP contribution in [0.5, 0.6) is 0 Å². The molecule has 21 heavy (non-hydrogen) atoms. The average molecular weight is 292 g/mol. The number of halogens is 1. The van der Waals surface area contributed by atoms with Gasteiger partial charge in [-0.15, -0.1) is 0 Å². The van der Waals surface area contributed by atoms with Gasteiger partial charge in [0.2, 0.25) is 0 Å². The minimum absolute atomic E-state index is 0.343. The van der Waals surface area contributed by atoms with Gasteiger partial charge in [0, 0.05) is 30.9 Å². The highest BCUT2D eigenvalue weighted by Crippen LogP contribution is 2.24. The van der Waals surface area contributed by atoms with E-state index in [1.807, 2.05) is 6.07 Å². The van der Waals surface area contributed by atoms with Crippen molar-refractivity contribution in [1.29, 1.82) is 0 Å². The second-order valence-corrected chi connectivity index (χ2v) is 5.62. The van der Waals surface area contributed by atoms with Crippen LogP contribution in [0.3, 0.4) is 0 Å². The molecule has 4 nitrogen and oxygen atoms in total. The molecule has 0 amide bonds. The van der Waals surface area contributed by atoms with E-state index in [9.17, 15) is 9.18 Å². The van der Waals surface area contributed by atoms with Crippen molar-refractivity contribution in [3.05, 3.63) is 35.7 Å². The molecule has 0 aromatic heterocycles. The Kier molecular flexibility index (Phi) is 4.96. The number of piperidine rings is 1. The third kappa shape index (κ3) is 4.29. The Morgan fingerprint density at radius 1 is 1.43 bits per heavy atom. The van der Waals surface area contributed by atoms with Crippen LogP contribution in [0.1, 0.15) is 18.4 Å². The van der Waals surface area contributed by atoms with Crippen LogP contribution in [0.25, 0.3) is 6.08 Å². The molecule has 1 fully saturated rings. The first kappa shape index (κ1) is 15.5. The standard InChI is InChI=1S/C16H21FN2O2/c1-18(2)14-4-3-7-19(11-14)15-9-12(5-6-16(20)21)8-13(17)10-15/h5-6,8-10,14H,3-4,7,11H2,1-2H3,(H,20,21)/b6-5+. The van der Waals surface area contributed by atoms with E-state index in [2.05, 4.69) is 23.9 Å². The minimum Gasteiger partial charge on any atom is -0.478 e. The first-order chi connectivity index (χ1) is 9.95. The number of carboxylic acids is 1. The number of carbonyl (C=O) groups is 1. The molecule has 114 valence electrons. The third-order valence-electron chi connectivity index (χ3n) is 3.82. The first-order valence-electron chi connectivity index (χ1n) is 7.08. The second kappa shape index (κ2) is 6.72. The summed E-state index contributed by atoms with van der Waals surface area (Å²) in [7, 11) is 4.11. The molecule has 5 heteroatoms. The smallest absolute Gasteiger partial charge is 0.328 e. The van der Waals surface area contributed by atoms with Crippen molar-refractivity contribution in [2.24, 2.45) is 0 Å². The average Bonchev–Trinajstić information content (AvgIpc) is 2.44. The molecule has 1 aliphatic rings. The fourth-order valence-electron chi connectivity index (χ4n) is 2.65. The van der Waals surface area contributed by atoms with Crippen LogP contribution in [0.15, 0.2) is 24.3 Å². The van der Waals surface area contributed by atoms with Crippen molar-refractivity contribution in [2.75, 3.05) is 32.1 Å². The second-order valence-electron chi connectivity index (χ2n) is 5.62. The number of likely N-dealkylation sites (N-methyl/N-ethyl adjacent to an activating group) is 1. The highest BCUT2D eigenvalue weighted by molar-refractivity contribution is 5.85. The van der Waals surface area contributed by atoms with Crippen molar-refractivity contribution < 1.29 is 14.3 Å². The summed E-state index contributed by atoms with van der Waals surface area (Å²) in [5.41, 5.74) is 1.38. The number of hydrogen-bond donors (Lipinski definition) is 1. The molecule has 0 saturated carbocycles. The molecule has 0 aliphatic carbocycles. The van der Waals surface area contributed by atoms with E-state index in [0.717, 1.165) is 37.7 Å². The van der Waals surface area contributed by atoms with E-state index < -0.39 is 5.97 Å². The lowest BCUT2D eigenvalue weighted by Gasteiger charge is -2.37. The lowest BCUT2D eigenvalue weighted by Crippen LogP contribution is -2.45. The molecule has 1 aromatic rings. The van der Waals surface area contributed by atoms with Crippen LogP contribution in [-0.4, -0.2) is 49.2 Å². The Morgan fingerprint density at radius 2 is 2.19 bits per heavy atom. The third-order valence-corrected chi connectivity index (χ3v) is 3.82. The highest BCUT2D eigenvalue weighted by Gasteiger charge is 2.22. The molecule has 1 atom stereocenters. The maximum absolute atomic E-state index is 13.7. The lowest BCUT2D eigenvalue weighted by atomic mass is 10.0. The molecule has 1 unspecified atom stereocenters. The van der Waals surface area contributed by atoms with E-state index in [1.165, 1.54) is 18.2 Å². The summed E-state index contributed by atoms with van der Waals surface area (Å²) in [5.74, 6) is -1.38. The van der Waals surface area contributed by atoms with Gasteiger partial charge in [-0.2, -0.15) is 0 Å². The van der Waals surface area contributed by atoms with Crippen LogP contribution in [0.4, 0.5) is 10.1 Å². The fourth-order valence-corrected chi connectivity index (χ4v) is 2.65. The number of hydrogen-bond acceptors (Lipinski definition) is 3. The summed E-state index contributed by atoms with van der Waals surface area (Å²) in [5, 5.41) is 8.66. The zero-order chi connectivity index (χ0) is 15.4. The van der Waals surface area contributed by atoms with Crippen LogP contribution in [0, 0.1) is 5.82 Å². The minimum atomic E-state index is -1.04.